The molecule has 162 valence electrons. The third kappa shape index (κ3) is 4.89. The molecule has 1 saturated carbocycles. The van der Waals surface area contributed by atoms with Crippen LogP contribution in [0.2, 0.25) is 0 Å². The van der Waals surface area contributed by atoms with Gasteiger partial charge in [0.05, 0.1) is 0 Å². The van der Waals surface area contributed by atoms with Crippen molar-refractivity contribution in [3.8, 4) is 6.07 Å². The van der Waals surface area contributed by atoms with Gasteiger partial charge in [-0.05, 0) is 44.0 Å². The van der Waals surface area contributed by atoms with E-state index in [1.807, 2.05) is 72.3 Å². The Morgan fingerprint density at radius 1 is 1.12 bits per heavy atom. The molecule has 4 rings (SSSR count). The van der Waals surface area contributed by atoms with Crippen molar-refractivity contribution in [1.82, 2.24) is 9.88 Å². The van der Waals surface area contributed by atoms with Crippen LogP contribution in [-0.2, 0) is 16.1 Å². The van der Waals surface area contributed by atoms with Crippen molar-refractivity contribution in [1.29, 1.82) is 5.26 Å². The SMILES string of the molecule is Cc1ccc(NC(=O)Cn2cc(/C=C(/C#N)C(=O)NC3CCCC3)c3ccccc32)cc1. The molecule has 1 heterocycles. The van der Waals surface area contributed by atoms with Crippen LogP contribution in [0, 0.1) is 18.3 Å². The molecular formula is C26H26N4O2. The van der Waals surface area contributed by atoms with Gasteiger partial charge < -0.3 is 15.2 Å². The standard InChI is InChI=1S/C26H26N4O2/c1-18-10-12-22(13-11-18)28-25(31)17-30-16-20(23-8-4-5-9-24(23)30)14-19(15-27)26(32)29-21-6-2-3-7-21/h4-5,8-14,16,21H,2-3,6-7,17H2,1H3,(H,28,31)(H,29,32)/b19-14-. The Labute approximate surface area is 187 Å². The van der Waals surface area contributed by atoms with Gasteiger partial charge in [-0.25, -0.2) is 0 Å². The summed E-state index contributed by atoms with van der Waals surface area (Å²) < 4.78 is 1.84. The number of rotatable bonds is 6. The molecule has 0 aliphatic heterocycles. The Hall–Kier alpha value is -3.85. The topological polar surface area (TPSA) is 86.9 Å². The zero-order valence-corrected chi connectivity index (χ0v) is 18.1. The van der Waals surface area contributed by atoms with E-state index in [1.165, 1.54) is 0 Å². The van der Waals surface area contributed by atoms with Gasteiger partial charge in [-0.3, -0.25) is 9.59 Å². The lowest BCUT2D eigenvalue weighted by molar-refractivity contribution is -0.118. The van der Waals surface area contributed by atoms with Crippen molar-refractivity contribution in [3.05, 3.63) is 71.4 Å². The molecule has 6 nitrogen and oxygen atoms in total. The van der Waals surface area contributed by atoms with E-state index >= 15 is 0 Å². The average Bonchev–Trinajstić information content (AvgIpc) is 3.42. The summed E-state index contributed by atoms with van der Waals surface area (Å²) in [5, 5.41) is 16.4. The van der Waals surface area contributed by atoms with Crippen molar-refractivity contribution in [2.75, 3.05) is 5.32 Å². The van der Waals surface area contributed by atoms with Crippen LogP contribution in [0.3, 0.4) is 0 Å². The molecule has 1 aliphatic rings. The van der Waals surface area contributed by atoms with Crippen LogP contribution in [0.1, 0.15) is 36.8 Å². The summed E-state index contributed by atoms with van der Waals surface area (Å²) in [4.78, 5) is 25.2. The number of nitrogens with zero attached hydrogens (tertiary/aromatic N) is 2. The second-order valence-corrected chi connectivity index (χ2v) is 8.27. The fraction of sp³-hybridized carbons (Fsp3) is 0.269. The summed E-state index contributed by atoms with van der Waals surface area (Å²) in [6.07, 6.45) is 7.56. The van der Waals surface area contributed by atoms with E-state index in [0.29, 0.717) is 0 Å². The first-order chi connectivity index (χ1) is 15.5. The van der Waals surface area contributed by atoms with Crippen LogP contribution in [-0.4, -0.2) is 22.4 Å². The quantitative estimate of drug-likeness (QED) is 0.448. The van der Waals surface area contributed by atoms with Crippen molar-refractivity contribution >= 4 is 34.5 Å². The van der Waals surface area contributed by atoms with Gasteiger partial charge >= 0.3 is 0 Å². The van der Waals surface area contributed by atoms with Crippen LogP contribution in [0.5, 0.6) is 0 Å². The Morgan fingerprint density at radius 2 is 1.84 bits per heavy atom. The first kappa shape index (κ1) is 21.4. The second-order valence-electron chi connectivity index (χ2n) is 8.27. The Balaban J connectivity index is 1.57. The summed E-state index contributed by atoms with van der Waals surface area (Å²) in [5.41, 5.74) is 3.55. The van der Waals surface area contributed by atoms with Crippen molar-refractivity contribution < 1.29 is 9.59 Å². The van der Waals surface area contributed by atoms with E-state index in [2.05, 4.69) is 10.6 Å². The van der Waals surface area contributed by atoms with E-state index in [9.17, 15) is 14.9 Å². The van der Waals surface area contributed by atoms with Gasteiger partial charge in [0.1, 0.15) is 18.2 Å². The number of aryl methyl sites for hydroxylation is 1. The summed E-state index contributed by atoms with van der Waals surface area (Å²) in [5.74, 6) is -0.488. The molecule has 1 fully saturated rings. The Morgan fingerprint density at radius 3 is 2.56 bits per heavy atom. The van der Waals surface area contributed by atoms with Crippen LogP contribution in [0.4, 0.5) is 5.69 Å². The highest BCUT2D eigenvalue weighted by molar-refractivity contribution is 6.04. The monoisotopic (exact) mass is 426 g/mol. The number of amides is 2. The number of hydrogen-bond acceptors (Lipinski definition) is 3. The molecule has 0 bridgehead atoms. The number of fused-ring (bicyclic) bond motifs is 1. The van der Waals surface area contributed by atoms with E-state index in [4.69, 9.17) is 0 Å². The van der Waals surface area contributed by atoms with Gasteiger partial charge in [-0.2, -0.15) is 5.26 Å². The van der Waals surface area contributed by atoms with Crippen LogP contribution >= 0.6 is 0 Å². The number of benzene rings is 2. The second kappa shape index (κ2) is 9.52. The number of carbonyl (C=O) groups is 2. The molecule has 2 N–H and O–H groups in total. The minimum absolute atomic E-state index is 0.0731. The van der Waals surface area contributed by atoms with Gasteiger partial charge in [0.15, 0.2) is 0 Å². The molecule has 0 atom stereocenters. The van der Waals surface area contributed by atoms with Gasteiger partial charge in [-0.1, -0.05) is 48.7 Å². The molecule has 6 heteroatoms. The van der Waals surface area contributed by atoms with Gasteiger partial charge in [-0.15, -0.1) is 0 Å². The molecule has 1 aliphatic carbocycles. The fourth-order valence-electron chi connectivity index (χ4n) is 4.15. The van der Waals surface area contributed by atoms with Crippen LogP contribution in [0.15, 0.2) is 60.3 Å². The highest BCUT2D eigenvalue weighted by Crippen LogP contribution is 2.24. The maximum Gasteiger partial charge on any atom is 0.262 e. The summed E-state index contributed by atoms with van der Waals surface area (Å²) in [6.45, 7) is 2.12. The number of anilines is 1. The van der Waals surface area contributed by atoms with Crippen molar-refractivity contribution in [2.24, 2.45) is 0 Å². The largest absolute Gasteiger partial charge is 0.349 e. The molecular weight excluding hydrogens is 400 g/mol. The highest BCUT2D eigenvalue weighted by Gasteiger charge is 2.20. The number of nitrogens with one attached hydrogen (secondary N) is 2. The molecule has 0 spiro atoms. The van der Waals surface area contributed by atoms with Gasteiger partial charge in [0.2, 0.25) is 5.91 Å². The number of hydrogen-bond donors (Lipinski definition) is 2. The lowest BCUT2D eigenvalue weighted by Gasteiger charge is -2.10. The minimum Gasteiger partial charge on any atom is -0.349 e. The van der Waals surface area contributed by atoms with Gasteiger partial charge in [0.25, 0.3) is 5.91 Å². The molecule has 1 aromatic heterocycles. The summed E-state index contributed by atoms with van der Waals surface area (Å²) in [6, 6.07) is 17.5. The third-order valence-electron chi connectivity index (χ3n) is 5.82. The lowest BCUT2D eigenvalue weighted by Crippen LogP contribution is -2.33. The first-order valence-corrected chi connectivity index (χ1v) is 10.9. The molecule has 32 heavy (non-hydrogen) atoms. The number of carbonyl (C=O) groups excluding carboxylic acids is 2. The summed E-state index contributed by atoms with van der Waals surface area (Å²) in [7, 11) is 0. The van der Waals surface area contributed by atoms with E-state index < -0.39 is 0 Å². The fourth-order valence-corrected chi connectivity index (χ4v) is 4.15. The number of nitriles is 1. The van der Waals surface area contributed by atoms with Crippen LogP contribution in [0.25, 0.3) is 17.0 Å². The maximum absolute atomic E-state index is 12.6. The lowest BCUT2D eigenvalue weighted by atomic mass is 10.1. The predicted molar refractivity (Wildman–Crippen MR) is 126 cm³/mol. The number of aromatic nitrogens is 1. The molecule has 0 radical (unpaired) electrons. The Kier molecular flexibility index (Phi) is 6.37. The number of para-hydroxylation sites is 1. The molecule has 2 aromatic carbocycles. The van der Waals surface area contributed by atoms with E-state index in [1.54, 1.807) is 6.08 Å². The van der Waals surface area contributed by atoms with E-state index in [0.717, 1.165) is 53.4 Å². The van der Waals surface area contributed by atoms with Crippen LogP contribution < -0.4 is 10.6 Å². The molecule has 2 amide bonds. The van der Waals surface area contributed by atoms with E-state index in [-0.39, 0.29) is 30.0 Å². The third-order valence-corrected chi connectivity index (χ3v) is 5.82. The molecule has 0 saturated heterocycles. The van der Waals surface area contributed by atoms with Gasteiger partial charge in [0, 0.05) is 34.4 Å². The van der Waals surface area contributed by atoms with Crippen molar-refractivity contribution in [3.63, 3.8) is 0 Å². The summed E-state index contributed by atoms with van der Waals surface area (Å²) >= 11 is 0. The average molecular weight is 427 g/mol. The van der Waals surface area contributed by atoms with Crippen molar-refractivity contribution in [2.45, 2.75) is 45.2 Å². The molecule has 3 aromatic rings. The first-order valence-electron chi connectivity index (χ1n) is 10.9. The maximum atomic E-state index is 12.6. The normalized spacial score (nSPS) is 14.3. The minimum atomic E-state index is -0.339. The molecule has 0 unspecified atom stereocenters. The zero-order valence-electron chi connectivity index (χ0n) is 18.1. The predicted octanol–water partition coefficient (Wildman–Crippen LogP) is 4.55. The smallest absolute Gasteiger partial charge is 0.262 e. The highest BCUT2D eigenvalue weighted by atomic mass is 16.2. The zero-order chi connectivity index (χ0) is 22.5. The Bertz CT molecular complexity index is 1210.